The minimum Gasteiger partial charge on any atom is -0.326 e. The number of carbonyl (C=O) groups is 3. The molecule has 2 heterocycles. The fourth-order valence-corrected chi connectivity index (χ4v) is 4.37. The second-order valence-electron chi connectivity index (χ2n) is 7.71. The van der Waals surface area contributed by atoms with Gasteiger partial charge >= 0.3 is 0 Å². The number of aromatic nitrogens is 1. The molecule has 1 saturated heterocycles. The van der Waals surface area contributed by atoms with Crippen LogP contribution in [-0.4, -0.2) is 29.3 Å². The Labute approximate surface area is 190 Å². The first-order chi connectivity index (χ1) is 15.4. The number of rotatable bonds is 6. The maximum atomic E-state index is 12.8. The van der Waals surface area contributed by atoms with Gasteiger partial charge in [-0.15, -0.1) is 11.3 Å². The minimum atomic E-state index is -0.419. The number of benzene rings is 2. The highest BCUT2D eigenvalue weighted by molar-refractivity contribution is 7.14. The highest BCUT2D eigenvalue weighted by Gasteiger charge is 2.35. The Balaban J connectivity index is 1.38. The van der Waals surface area contributed by atoms with Gasteiger partial charge in [0.15, 0.2) is 5.13 Å². The molecule has 1 unspecified atom stereocenters. The molecule has 4 rings (SSSR count). The summed E-state index contributed by atoms with van der Waals surface area (Å²) in [5.41, 5.74) is 4.36. The lowest BCUT2D eigenvalue weighted by molar-refractivity contribution is -0.122. The van der Waals surface area contributed by atoms with E-state index < -0.39 is 5.92 Å². The van der Waals surface area contributed by atoms with Gasteiger partial charge in [0, 0.05) is 42.2 Å². The summed E-state index contributed by atoms with van der Waals surface area (Å²) in [4.78, 5) is 42.6. The average Bonchev–Trinajstić information content (AvgIpc) is 3.41. The molecule has 1 aliphatic heterocycles. The number of amides is 3. The molecule has 0 bridgehead atoms. The van der Waals surface area contributed by atoms with Crippen LogP contribution in [0.5, 0.6) is 0 Å². The van der Waals surface area contributed by atoms with Crippen molar-refractivity contribution in [3.05, 3.63) is 59.5 Å². The molecule has 3 amide bonds. The molecule has 8 heteroatoms. The number of nitrogens with one attached hydrogen (secondary N) is 2. The van der Waals surface area contributed by atoms with E-state index in [0.717, 1.165) is 23.4 Å². The van der Waals surface area contributed by atoms with Crippen molar-refractivity contribution >= 4 is 45.6 Å². The van der Waals surface area contributed by atoms with Crippen molar-refractivity contribution in [1.82, 2.24) is 4.98 Å². The van der Waals surface area contributed by atoms with Gasteiger partial charge in [-0.3, -0.25) is 14.4 Å². The maximum Gasteiger partial charge on any atom is 0.231 e. The molecule has 32 heavy (non-hydrogen) atoms. The predicted molar refractivity (Wildman–Crippen MR) is 127 cm³/mol. The summed E-state index contributed by atoms with van der Waals surface area (Å²) in [5, 5.41) is 7.94. The van der Waals surface area contributed by atoms with Gasteiger partial charge in [-0.2, -0.15) is 0 Å². The zero-order chi connectivity index (χ0) is 22.7. The fourth-order valence-electron chi connectivity index (χ4n) is 3.64. The lowest BCUT2D eigenvalue weighted by Gasteiger charge is -2.17. The Hall–Kier alpha value is -3.52. The Morgan fingerprint density at radius 2 is 1.81 bits per heavy atom. The molecule has 3 aromatic rings. The van der Waals surface area contributed by atoms with E-state index in [9.17, 15) is 14.4 Å². The number of hydrogen-bond acceptors (Lipinski definition) is 5. The molecule has 0 saturated carbocycles. The van der Waals surface area contributed by atoms with Crippen molar-refractivity contribution in [1.29, 1.82) is 0 Å². The maximum absolute atomic E-state index is 12.8. The number of hydrogen-bond donors (Lipinski definition) is 2. The summed E-state index contributed by atoms with van der Waals surface area (Å²) < 4.78 is 0. The van der Waals surface area contributed by atoms with E-state index in [4.69, 9.17) is 0 Å². The average molecular weight is 449 g/mol. The fraction of sp³-hybridized carbons (Fsp3) is 0.250. The number of thiazole rings is 1. The monoisotopic (exact) mass is 448 g/mol. The Kier molecular flexibility index (Phi) is 6.32. The van der Waals surface area contributed by atoms with Crippen molar-refractivity contribution in [2.24, 2.45) is 5.92 Å². The van der Waals surface area contributed by atoms with E-state index in [-0.39, 0.29) is 24.1 Å². The first kappa shape index (κ1) is 21.7. The topological polar surface area (TPSA) is 91.4 Å². The first-order valence-electron chi connectivity index (χ1n) is 10.5. The SMILES string of the molecule is CCc1ccc(N2CC(C(=O)Nc3nc(-c4ccc(NC(C)=O)cc4)cs3)CC2=O)cc1. The molecule has 164 valence electrons. The molecule has 1 aliphatic rings. The van der Waals surface area contributed by atoms with E-state index in [1.165, 1.54) is 23.8 Å². The van der Waals surface area contributed by atoms with E-state index in [1.54, 1.807) is 17.0 Å². The molecular weight excluding hydrogens is 424 g/mol. The van der Waals surface area contributed by atoms with Crippen LogP contribution >= 0.6 is 11.3 Å². The molecule has 2 N–H and O–H groups in total. The zero-order valence-electron chi connectivity index (χ0n) is 17.9. The standard InChI is InChI=1S/C24H24N4O3S/c1-3-16-4-10-20(11-5-16)28-13-18(12-22(28)30)23(31)27-24-26-21(14-32-24)17-6-8-19(9-7-17)25-15(2)29/h4-11,14,18H,3,12-13H2,1-2H3,(H,25,29)(H,26,27,31). The summed E-state index contributed by atoms with van der Waals surface area (Å²) in [5.74, 6) is -0.794. The Morgan fingerprint density at radius 1 is 1.09 bits per heavy atom. The van der Waals surface area contributed by atoms with Crippen LogP contribution < -0.4 is 15.5 Å². The lowest BCUT2D eigenvalue weighted by atomic mass is 10.1. The number of carbonyl (C=O) groups excluding carboxylic acids is 3. The number of aryl methyl sites for hydroxylation is 1. The van der Waals surface area contributed by atoms with Crippen LogP contribution in [0.3, 0.4) is 0 Å². The van der Waals surface area contributed by atoms with Crippen LogP contribution in [0.1, 0.15) is 25.8 Å². The third-order valence-electron chi connectivity index (χ3n) is 5.39. The first-order valence-corrected chi connectivity index (χ1v) is 11.3. The van der Waals surface area contributed by atoms with Crippen LogP contribution in [0.2, 0.25) is 0 Å². The number of anilines is 3. The van der Waals surface area contributed by atoms with Crippen LogP contribution in [0.25, 0.3) is 11.3 Å². The minimum absolute atomic E-state index is 0.0477. The quantitative estimate of drug-likeness (QED) is 0.587. The van der Waals surface area contributed by atoms with Crippen molar-refractivity contribution in [2.45, 2.75) is 26.7 Å². The highest BCUT2D eigenvalue weighted by atomic mass is 32.1. The molecule has 1 aromatic heterocycles. The van der Waals surface area contributed by atoms with Gasteiger partial charge < -0.3 is 15.5 Å². The molecule has 7 nitrogen and oxygen atoms in total. The molecule has 2 aromatic carbocycles. The largest absolute Gasteiger partial charge is 0.326 e. The third kappa shape index (κ3) is 4.86. The third-order valence-corrected chi connectivity index (χ3v) is 6.15. The molecular formula is C24H24N4O3S. The smallest absolute Gasteiger partial charge is 0.231 e. The summed E-state index contributed by atoms with van der Waals surface area (Å²) in [7, 11) is 0. The molecule has 0 radical (unpaired) electrons. The Bertz CT molecular complexity index is 1140. The lowest BCUT2D eigenvalue weighted by Crippen LogP contribution is -2.28. The predicted octanol–water partition coefficient (Wildman–Crippen LogP) is 4.32. The van der Waals surface area contributed by atoms with Gasteiger partial charge in [-0.25, -0.2) is 4.98 Å². The van der Waals surface area contributed by atoms with Crippen molar-refractivity contribution < 1.29 is 14.4 Å². The molecule has 0 aliphatic carbocycles. The summed E-state index contributed by atoms with van der Waals surface area (Å²) >= 11 is 1.34. The van der Waals surface area contributed by atoms with Gasteiger partial charge in [0.1, 0.15) is 0 Å². The van der Waals surface area contributed by atoms with Crippen LogP contribution in [0.4, 0.5) is 16.5 Å². The highest BCUT2D eigenvalue weighted by Crippen LogP contribution is 2.29. The summed E-state index contributed by atoms with van der Waals surface area (Å²) in [6.07, 6.45) is 1.12. The normalized spacial score (nSPS) is 15.6. The van der Waals surface area contributed by atoms with E-state index in [0.29, 0.717) is 17.4 Å². The van der Waals surface area contributed by atoms with Gasteiger partial charge in [0.05, 0.1) is 11.6 Å². The van der Waals surface area contributed by atoms with Crippen LogP contribution in [-0.2, 0) is 20.8 Å². The van der Waals surface area contributed by atoms with E-state index >= 15 is 0 Å². The van der Waals surface area contributed by atoms with Gasteiger partial charge in [-0.05, 0) is 36.2 Å². The van der Waals surface area contributed by atoms with Gasteiger partial charge in [0.25, 0.3) is 0 Å². The molecule has 1 atom stereocenters. The van der Waals surface area contributed by atoms with Crippen molar-refractivity contribution in [3.63, 3.8) is 0 Å². The summed E-state index contributed by atoms with van der Waals surface area (Å²) in [6, 6.07) is 15.2. The summed E-state index contributed by atoms with van der Waals surface area (Å²) in [6.45, 7) is 3.91. The molecule has 1 fully saturated rings. The second kappa shape index (κ2) is 9.32. The van der Waals surface area contributed by atoms with Crippen molar-refractivity contribution in [2.75, 3.05) is 22.1 Å². The van der Waals surface area contributed by atoms with Gasteiger partial charge in [0.2, 0.25) is 17.7 Å². The molecule has 0 spiro atoms. The van der Waals surface area contributed by atoms with Crippen LogP contribution in [0.15, 0.2) is 53.9 Å². The van der Waals surface area contributed by atoms with E-state index in [1.807, 2.05) is 41.8 Å². The van der Waals surface area contributed by atoms with E-state index in [2.05, 4.69) is 22.5 Å². The zero-order valence-corrected chi connectivity index (χ0v) is 18.7. The van der Waals surface area contributed by atoms with Crippen LogP contribution in [0, 0.1) is 5.92 Å². The van der Waals surface area contributed by atoms with Gasteiger partial charge in [-0.1, -0.05) is 31.2 Å². The second-order valence-corrected chi connectivity index (χ2v) is 8.57. The number of nitrogens with zero attached hydrogens (tertiary/aromatic N) is 2. The van der Waals surface area contributed by atoms with Crippen molar-refractivity contribution in [3.8, 4) is 11.3 Å². The Morgan fingerprint density at radius 3 is 2.47 bits per heavy atom.